The first-order valence-corrected chi connectivity index (χ1v) is 8.31. The van der Waals surface area contributed by atoms with Crippen molar-refractivity contribution in [2.24, 2.45) is 0 Å². The smallest absolute Gasteiger partial charge is 0.275 e. The summed E-state index contributed by atoms with van der Waals surface area (Å²) in [7, 11) is 1.58. The largest absolute Gasteiger partial charge is 0.495 e. The maximum atomic E-state index is 12.3. The van der Waals surface area contributed by atoms with Crippen molar-refractivity contribution in [1.82, 2.24) is 9.97 Å². The molecule has 1 aromatic heterocycles. The zero-order valence-electron chi connectivity index (χ0n) is 13.7. The second kappa shape index (κ2) is 8.03. The van der Waals surface area contributed by atoms with Crippen LogP contribution in [0.3, 0.4) is 0 Å². The van der Waals surface area contributed by atoms with Crippen LogP contribution in [0.25, 0.3) is 0 Å². The number of para-hydroxylation sites is 2. The molecule has 0 aliphatic heterocycles. The Morgan fingerprint density at radius 3 is 2.58 bits per heavy atom. The first-order chi connectivity index (χ1) is 12.6. The molecule has 0 aliphatic rings. The van der Waals surface area contributed by atoms with E-state index >= 15 is 0 Å². The molecule has 132 valence electrons. The summed E-state index contributed by atoms with van der Waals surface area (Å²) in [4.78, 5) is 20.6. The van der Waals surface area contributed by atoms with E-state index in [1.807, 2.05) is 24.3 Å². The van der Waals surface area contributed by atoms with Crippen LogP contribution in [0.4, 0.5) is 17.2 Å². The minimum atomic E-state index is -0.439. The minimum absolute atomic E-state index is 0.145. The van der Waals surface area contributed by atoms with Crippen LogP contribution in [-0.2, 0) is 0 Å². The van der Waals surface area contributed by atoms with E-state index in [1.165, 1.54) is 12.4 Å². The number of benzene rings is 2. The fourth-order valence-electron chi connectivity index (χ4n) is 2.18. The second-order valence-corrected chi connectivity index (χ2v) is 6.03. The van der Waals surface area contributed by atoms with Gasteiger partial charge < -0.3 is 15.4 Å². The molecule has 26 heavy (non-hydrogen) atoms. The van der Waals surface area contributed by atoms with E-state index in [0.29, 0.717) is 27.3 Å². The van der Waals surface area contributed by atoms with Crippen LogP contribution in [0.2, 0.25) is 10.0 Å². The number of carbonyl (C=O) groups is 1. The van der Waals surface area contributed by atoms with Crippen LogP contribution in [0.5, 0.6) is 5.75 Å². The molecule has 2 N–H and O–H groups in total. The van der Waals surface area contributed by atoms with Gasteiger partial charge in [-0.05, 0) is 30.3 Å². The fraction of sp³-hybridized carbons (Fsp3) is 0.0556. The van der Waals surface area contributed by atoms with Crippen molar-refractivity contribution in [1.29, 1.82) is 0 Å². The number of nitrogens with one attached hydrogen (secondary N) is 2. The molecule has 0 atom stereocenters. The van der Waals surface area contributed by atoms with Crippen molar-refractivity contribution in [3.8, 4) is 5.75 Å². The second-order valence-electron chi connectivity index (χ2n) is 5.19. The molecule has 6 nitrogen and oxygen atoms in total. The highest BCUT2D eigenvalue weighted by Gasteiger charge is 2.11. The van der Waals surface area contributed by atoms with Crippen LogP contribution >= 0.6 is 23.2 Å². The molecule has 0 fully saturated rings. The highest BCUT2D eigenvalue weighted by Crippen LogP contribution is 2.27. The summed E-state index contributed by atoms with van der Waals surface area (Å²) < 4.78 is 5.27. The van der Waals surface area contributed by atoms with Gasteiger partial charge >= 0.3 is 0 Å². The summed E-state index contributed by atoms with van der Waals surface area (Å²) in [5, 5.41) is 6.59. The molecule has 0 bridgehead atoms. The number of hydrogen-bond donors (Lipinski definition) is 2. The third-order valence-corrected chi connectivity index (χ3v) is 4.00. The number of hydrogen-bond acceptors (Lipinski definition) is 5. The van der Waals surface area contributed by atoms with E-state index in [1.54, 1.807) is 25.3 Å². The summed E-state index contributed by atoms with van der Waals surface area (Å²) in [6.45, 7) is 0. The van der Waals surface area contributed by atoms with Gasteiger partial charge in [0.15, 0.2) is 0 Å². The first-order valence-electron chi connectivity index (χ1n) is 7.55. The van der Waals surface area contributed by atoms with Crippen LogP contribution in [0.15, 0.2) is 54.9 Å². The van der Waals surface area contributed by atoms with E-state index in [2.05, 4.69) is 20.6 Å². The van der Waals surface area contributed by atoms with Crippen LogP contribution < -0.4 is 15.4 Å². The Morgan fingerprint density at radius 2 is 1.85 bits per heavy atom. The van der Waals surface area contributed by atoms with Crippen molar-refractivity contribution in [2.75, 3.05) is 17.7 Å². The minimum Gasteiger partial charge on any atom is -0.495 e. The first kappa shape index (κ1) is 18.0. The summed E-state index contributed by atoms with van der Waals surface area (Å²) in [5.41, 5.74) is 1.29. The lowest BCUT2D eigenvalue weighted by Crippen LogP contribution is -2.14. The number of rotatable bonds is 5. The molecule has 0 spiro atoms. The van der Waals surface area contributed by atoms with Crippen molar-refractivity contribution in [3.63, 3.8) is 0 Å². The lowest BCUT2D eigenvalue weighted by Gasteiger charge is -2.10. The number of nitrogens with zero attached hydrogens (tertiary/aromatic N) is 2. The SMILES string of the molecule is COc1ccccc1Nc1cnc(C(=O)Nc2cc(Cl)ccc2Cl)cn1. The molecule has 0 saturated heterocycles. The summed E-state index contributed by atoms with van der Waals surface area (Å²) in [6, 6.07) is 12.2. The Kier molecular flexibility index (Phi) is 5.55. The molecule has 0 saturated carbocycles. The molecule has 0 aliphatic carbocycles. The lowest BCUT2D eigenvalue weighted by molar-refractivity contribution is 0.102. The highest BCUT2D eigenvalue weighted by molar-refractivity contribution is 6.35. The van der Waals surface area contributed by atoms with E-state index in [-0.39, 0.29) is 5.69 Å². The van der Waals surface area contributed by atoms with Gasteiger partial charge in [0.25, 0.3) is 5.91 Å². The maximum absolute atomic E-state index is 12.3. The van der Waals surface area contributed by atoms with Crippen molar-refractivity contribution >= 4 is 46.3 Å². The Balaban J connectivity index is 1.73. The van der Waals surface area contributed by atoms with Gasteiger partial charge in [-0.3, -0.25) is 4.79 Å². The molecule has 0 radical (unpaired) electrons. The number of amides is 1. The molecular weight excluding hydrogens is 375 g/mol. The third-order valence-electron chi connectivity index (χ3n) is 3.43. The molecule has 8 heteroatoms. The molecule has 1 heterocycles. The Morgan fingerprint density at radius 1 is 1.04 bits per heavy atom. The summed E-state index contributed by atoms with van der Waals surface area (Å²) >= 11 is 12.0. The van der Waals surface area contributed by atoms with E-state index in [4.69, 9.17) is 27.9 Å². The quantitative estimate of drug-likeness (QED) is 0.656. The predicted octanol–water partition coefficient (Wildman–Crippen LogP) is 4.79. The molecule has 0 unspecified atom stereocenters. The Labute approximate surface area is 160 Å². The number of methoxy groups -OCH3 is 1. The number of anilines is 3. The van der Waals surface area contributed by atoms with Gasteiger partial charge in [0.05, 0.1) is 35.9 Å². The number of aromatic nitrogens is 2. The van der Waals surface area contributed by atoms with Crippen LogP contribution in [0, 0.1) is 0 Å². The Bertz CT molecular complexity index is 933. The normalized spacial score (nSPS) is 10.3. The molecule has 3 aromatic rings. The highest BCUT2D eigenvalue weighted by atomic mass is 35.5. The average Bonchev–Trinajstić information content (AvgIpc) is 2.65. The van der Waals surface area contributed by atoms with Gasteiger partial charge in [-0.25, -0.2) is 9.97 Å². The van der Waals surface area contributed by atoms with Gasteiger partial charge in [0.1, 0.15) is 17.3 Å². The number of ether oxygens (including phenoxy) is 1. The predicted molar refractivity (Wildman–Crippen MR) is 103 cm³/mol. The van der Waals surface area contributed by atoms with Gasteiger partial charge in [-0.15, -0.1) is 0 Å². The number of carbonyl (C=O) groups excluding carboxylic acids is 1. The summed E-state index contributed by atoms with van der Waals surface area (Å²) in [5.74, 6) is 0.712. The third kappa shape index (κ3) is 4.22. The van der Waals surface area contributed by atoms with Crippen molar-refractivity contribution in [2.45, 2.75) is 0 Å². The van der Waals surface area contributed by atoms with E-state index < -0.39 is 5.91 Å². The maximum Gasteiger partial charge on any atom is 0.275 e. The Hall–Kier alpha value is -2.83. The summed E-state index contributed by atoms with van der Waals surface area (Å²) in [6.07, 6.45) is 2.83. The van der Waals surface area contributed by atoms with Crippen molar-refractivity contribution in [3.05, 3.63) is 70.6 Å². The van der Waals surface area contributed by atoms with Crippen LogP contribution in [-0.4, -0.2) is 23.0 Å². The van der Waals surface area contributed by atoms with E-state index in [0.717, 1.165) is 5.69 Å². The molecule has 3 rings (SSSR count). The van der Waals surface area contributed by atoms with Crippen LogP contribution in [0.1, 0.15) is 10.5 Å². The lowest BCUT2D eigenvalue weighted by atomic mass is 10.3. The fourth-order valence-corrected chi connectivity index (χ4v) is 2.51. The topological polar surface area (TPSA) is 76.1 Å². The number of halogens is 2. The zero-order chi connectivity index (χ0) is 18.5. The molecule has 2 aromatic carbocycles. The van der Waals surface area contributed by atoms with Gasteiger partial charge in [0.2, 0.25) is 0 Å². The average molecular weight is 389 g/mol. The van der Waals surface area contributed by atoms with Gasteiger partial charge in [-0.1, -0.05) is 35.3 Å². The van der Waals surface area contributed by atoms with E-state index in [9.17, 15) is 4.79 Å². The zero-order valence-corrected chi connectivity index (χ0v) is 15.2. The van der Waals surface area contributed by atoms with Crippen molar-refractivity contribution < 1.29 is 9.53 Å². The van der Waals surface area contributed by atoms with Gasteiger partial charge in [0, 0.05) is 5.02 Å². The monoisotopic (exact) mass is 388 g/mol. The standard InChI is InChI=1S/C18H14Cl2N4O2/c1-26-16-5-3-2-4-13(16)23-17-10-21-15(9-22-17)18(25)24-14-8-11(19)6-7-12(14)20/h2-10H,1H3,(H,22,23)(H,24,25). The van der Waals surface area contributed by atoms with Gasteiger partial charge in [-0.2, -0.15) is 0 Å². The molecular formula is C18H14Cl2N4O2. The molecule has 1 amide bonds.